The molecule has 1 fully saturated rings. The Labute approximate surface area is 120 Å². The van der Waals surface area contributed by atoms with Crippen molar-refractivity contribution < 1.29 is 9.13 Å². The molecular formula is C13H17BrFN3O. The summed E-state index contributed by atoms with van der Waals surface area (Å²) >= 11 is 3.33. The third kappa shape index (κ3) is 4.18. The highest BCUT2D eigenvalue weighted by atomic mass is 79.9. The average molecular weight is 330 g/mol. The lowest BCUT2D eigenvalue weighted by atomic mass is 10.1. The second kappa shape index (κ2) is 6.86. The van der Waals surface area contributed by atoms with Crippen molar-refractivity contribution in [2.45, 2.75) is 6.42 Å². The van der Waals surface area contributed by atoms with Gasteiger partial charge in [-0.25, -0.2) is 4.39 Å². The largest absolute Gasteiger partial charge is 0.378 e. The van der Waals surface area contributed by atoms with Crippen LogP contribution in [0, 0.1) is 5.82 Å². The molecule has 0 saturated carbocycles. The highest BCUT2D eigenvalue weighted by Gasteiger charge is 2.11. The lowest BCUT2D eigenvalue weighted by molar-refractivity contribution is 0.0674. The second-order valence-corrected chi connectivity index (χ2v) is 5.24. The Morgan fingerprint density at radius 3 is 2.89 bits per heavy atom. The Morgan fingerprint density at radius 2 is 2.16 bits per heavy atom. The Morgan fingerprint density at radius 1 is 1.42 bits per heavy atom. The van der Waals surface area contributed by atoms with Crippen molar-refractivity contribution in [3.63, 3.8) is 0 Å². The highest BCUT2D eigenvalue weighted by Crippen LogP contribution is 2.16. The van der Waals surface area contributed by atoms with Gasteiger partial charge in [-0.1, -0.05) is 15.9 Å². The number of rotatable bonds is 3. The van der Waals surface area contributed by atoms with E-state index >= 15 is 0 Å². The van der Waals surface area contributed by atoms with E-state index in [0.29, 0.717) is 37.7 Å². The summed E-state index contributed by atoms with van der Waals surface area (Å²) in [5, 5.41) is 0. The van der Waals surface area contributed by atoms with E-state index in [1.54, 1.807) is 12.1 Å². The Kier molecular flexibility index (Phi) is 5.15. The first-order valence-corrected chi connectivity index (χ1v) is 7.02. The minimum atomic E-state index is -0.205. The molecule has 4 nitrogen and oxygen atoms in total. The van der Waals surface area contributed by atoms with E-state index in [0.717, 1.165) is 17.6 Å². The summed E-state index contributed by atoms with van der Waals surface area (Å²) in [4.78, 5) is 6.28. The van der Waals surface area contributed by atoms with Gasteiger partial charge in [0, 0.05) is 24.1 Å². The van der Waals surface area contributed by atoms with Crippen molar-refractivity contribution >= 4 is 21.9 Å². The van der Waals surface area contributed by atoms with Gasteiger partial charge in [-0.15, -0.1) is 0 Å². The molecule has 1 aromatic carbocycles. The van der Waals surface area contributed by atoms with E-state index in [1.165, 1.54) is 6.07 Å². The predicted molar refractivity (Wildman–Crippen MR) is 76.7 cm³/mol. The number of aliphatic imine (C=N–C) groups is 1. The van der Waals surface area contributed by atoms with E-state index in [1.807, 2.05) is 4.90 Å². The van der Waals surface area contributed by atoms with E-state index in [4.69, 9.17) is 10.5 Å². The monoisotopic (exact) mass is 329 g/mol. The minimum Gasteiger partial charge on any atom is -0.378 e. The Hall–Kier alpha value is -1.14. The van der Waals surface area contributed by atoms with Gasteiger partial charge in [0.05, 0.1) is 13.2 Å². The molecule has 1 saturated heterocycles. The number of ether oxygens (including phenoxy) is 1. The number of halogens is 2. The van der Waals surface area contributed by atoms with Crippen LogP contribution in [-0.4, -0.2) is 43.7 Å². The molecule has 0 aliphatic carbocycles. The van der Waals surface area contributed by atoms with Gasteiger partial charge in [-0.05, 0) is 30.2 Å². The summed E-state index contributed by atoms with van der Waals surface area (Å²) in [7, 11) is 0. The lowest BCUT2D eigenvalue weighted by Gasteiger charge is -2.27. The molecule has 19 heavy (non-hydrogen) atoms. The molecule has 0 amide bonds. The third-order valence-corrected chi connectivity index (χ3v) is 3.49. The molecule has 6 heteroatoms. The number of nitrogens with zero attached hydrogens (tertiary/aromatic N) is 2. The number of benzene rings is 1. The van der Waals surface area contributed by atoms with E-state index in [-0.39, 0.29) is 5.82 Å². The lowest BCUT2D eigenvalue weighted by Crippen LogP contribution is -2.44. The minimum absolute atomic E-state index is 0.205. The number of hydrogen-bond acceptors (Lipinski definition) is 2. The van der Waals surface area contributed by atoms with Crippen LogP contribution in [0.25, 0.3) is 0 Å². The average Bonchev–Trinajstić information content (AvgIpc) is 2.43. The maximum atomic E-state index is 13.5. The number of hydrogen-bond donors (Lipinski definition) is 1. The van der Waals surface area contributed by atoms with Crippen LogP contribution in [0.5, 0.6) is 0 Å². The van der Waals surface area contributed by atoms with Crippen molar-refractivity contribution in [2.75, 3.05) is 32.8 Å². The van der Waals surface area contributed by atoms with Gasteiger partial charge in [0.15, 0.2) is 5.96 Å². The Bertz CT molecular complexity index is 461. The molecule has 0 atom stereocenters. The second-order valence-electron chi connectivity index (χ2n) is 4.33. The number of nitrogens with two attached hydrogens (primary N) is 1. The third-order valence-electron chi connectivity index (χ3n) is 3.00. The van der Waals surface area contributed by atoms with Gasteiger partial charge < -0.3 is 15.4 Å². The molecule has 104 valence electrons. The molecule has 2 N–H and O–H groups in total. The standard InChI is InChI=1S/C13H17BrFN3O/c14-11-1-2-12(15)10(9-11)3-4-17-13(16)18-5-7-19-8-6-18/h1-2,9H,3-8H2,(H2,16,17). The fraction of sp³-hybridized carbons (Fsp3) is 0.462. The smallest absolute Gasteiger partial charge is 0.191 e. The molecule has 0 radical (unpaired) electrons. The summed E-state index contributed by atoms with van der Waals surface area (Å²) < 4.78 is 19.6. The molecule has 2 rings (SSSR count). The zero-order valence-corrected chi connectivity index (χ0v) is 12.2. The molecule has 1 heterocycles. The van der Waals surface area contributed by atoms with Gasteiger partial charge >= 0.3 is 0 Å². The maximum Gasteiger partial charge on any atom is 0.191 e. The topological polar surface area (TPSA) is 50.8 Å². The van der Waals surface area contributed by atoms with Crippen LogP contribution < -0.4 is 5.73 Å². The molecule has 1 aliphatic heterocycles. The van der Waals surface area contributed by atoms with E-state index < -0.39 is 0 Å². The predicted octanol–water partition coefficient (Wildman–Crippen LogP) is 1.78. The van der Waals surface area contributed by atoms with Crippen molar-refractivity contribution in [1.82, 2.24) is 4.90 Å². The van der Waals surface area contributed by atoms with Gasteiger partial charge in [0.1, 0.15) is 5.82 Å². The quantitative estimate of drug-likeness (QED) is 0.679. The molecule has 0 spiro atoms. The molecule has 0 unspecified atom stereocenters. The first-order valence-electron chi connectivity index (χ1n) is 6.23. The normalized spacial score (nSPS) is 16.7. The summed E-state index contributed by atoms with van der Waals surface area (Å²) in [5.74, 6) is 0.307. The number of morpholine rings is 1. The SMILES string of the molecule is NC(=NCCc1cc(Br)ccc1F)N1CCOCC1. The highest BCUT2D eigenvalue weighted by molar-refractivity contribution is 9.10. The van der Waals surface area contributed by atoms with Crippen LogP contribution in [0.3, 0.4) is 0 Å². The fourth-order valence-corrected chi connectivity index (χ4v) is 2.33. The van der Waals surface area contributed by atoms with Crippen LogP contribution in [0.1, 0.15) is 5.56 Å². The molecule has 1 aromatic rings. The van der Waals surface area contributed by atoms with Crippen molar-refractivity contribution in [1.29, 1.82) is 0 Å². The van der Waals surface area contributed by atoms with Crippen LogP contribution in [0.15, 0.2) is 27.7 Å². The maximum absolute atomic E-state index is 13.5. The van der Waals surface area contributed by atoms with Crippen molar-refractivity contribution in [3.05, 3.63) is 34.1 Å². The molecule has 0 aromatic heterocycles. The first kappa shape index (κ1) is 14.3. The van der Waals surface area contributed by atoms with Crippen molar-refractivity contribution in [3.8, 4) is 0 Å². The zero-order chi connectivity index (χ0) is 13.7. The Balaban J connectivity index is 1.89. The number of guanidine groups is 1. The van der Waals surface area contributed by atoms with Crippen LogP contribution in [-0.2, 0) is 11.2 Å². The van der Waals surface area contributed by atoms with Crippen LogP contribution in [0.2, 0.25) is 0 Å². The van der Waals surface area contributed by atoms with Gasteiger partial charge in [-0.3, -0.25) is 4.99 Å². The van der Waals surface area contributed by atoms with Crippen LogP contribution >= 0.6 is 15.9 Å². The first-order chi connectivity index (χ1) is 9.16. The summed E-state index contributed by atoms with van der Waals surface area (Å²) in [6.45, 7) is 3.37. The van der Waals surface area contributed by atoms with Crippen LogP contribution in [0.4, 0.5) is 4.39 Å². The van der Waals surface area contributed by atoms with Gasteiger partial charge in [0.25, 0.3) is 0 Å². The van der Waals surface area contributed by atoms with E-state index in [2.05, 4.69) is 20.9 Å². The summed E-state index contributed by atoms with van der Waals surface area (Å²) in [6.07, 6.45) is 0.538. The van der Waals surface area contributed by atoms with Crippen molar-refractivity contribution in [2.24, 2.45) is 10.7 Å². The molecule has 1 aliphatic rings. The molecule has 0 bridgehead atoms. The fourth-order valence-electron chi connectivity index (χ4n) is 1.92. The summed E-state index contributed by atoms with van der Waals surface area (Å²) in [6, 6.07) is 4.91. The van der Waals surface area contributed by atoms with Gasteiger partial charge in [-0.2, -0.15) is 0 Å². The van der Waals surface area contributed by atoms with Gasteiger partial charge in [0.2, 0.25) is 0 Å². The van der Waals surface area contributed by atoms with E-state index in [9.17, 15) is 4.39 Å². The molecular weight excluding hydrogens is 313 g/mol. The zero-order valence-electron chi connectivity index (χ0n) is 10.6. The summed E-state index contributed by atoms with van der Waals surface area (Å²) in [5.41, 5.74) is 6.54.